The van der Waals surface area contributed by atoms with Crippen LogP contribution in [0, 0.1) is 0 Å². The average molecular weight is 235 g/mol. The molecular formula is C10H13N5S. The van der Waals surface area contributed by atoms with E-state index in [1.54, 1.807) is 28.7 Å². The first kappa shape index (κ1) is 10.9. The Morgan fingerprint density at radius 2 is 2.25 bits per heavy atom. The summed E-state index contributed by atoms with van der Waals surface area (Å²) in [5.74, 6) is 2.02. The van der Waals surface area contributed by atoms with Gasteiger partial charge in [0.15, 0.2) is 0 Å². The van der Waals surface area contributed by atoms with Crippen LogP contribution in [0.4, 0.5) is 5.82 Å². The molecule has 2 heterocycles. The molecule has 0 aliphatic carbocycles. The fourth-order valence-corrected chi connectivity index (χ4v) is 1.80. The third-order valence-electron chi connectivity index (χ3n) is 2.07. The number of nitrogen functional groups attached to an aromatic ring is 1. The maximum Gasteiger partial charge on any atom is 0.141 e. The lowest BCUT2D eigenvalue weighted by molar-refractivity contribution is 0.768. The third kappa shape index (κ3) is 2.33. The van der Waals surface area contributed by atoms with Gasteiger partial charge in [0.05, 0.1) is 17.6 Å². The molecule has 0 unspecified atom stereocenters. The third-order valence-corrected chi connectivity index (χ3v) is 2.61. The van der Waals surface area contributed by atoms with E-state index in [1.165, 1.54) is 0 Å². The van der Waals surface area contributed by atoms with Gasteiger partial charge in [0.1, 0.15) is 11.6 Å². The van der Waals surface area contributed by atoms with Gasteiger partial charge in [0.2, 0.25) is 0 Å². The summed E-state index contributed by atoms with van der Waals surface area (Å²) in [7, 11) is 1.87. The van der Waals surface area contributed by atoms with E-state index in [0.29, 0.717) is 5.82 Å². The zero-order chi connectivity index (χ0) is 11.5. The van der Waals surface area contributed by atoms with Gasteiger partial charge >= 0.3 is 0 Å². The maximum atomic E-state index is 5.75. The number of hydrogen-bond donors (Lipinski definition) is 1. The zero-order valence-electron chi connectivity index (χ0n) is 9.21. The van der Waals surface area contributed by atoms with Gasteiger partial charge in [-0.3, -0.25) is 4.68 Å². The molecule has 0 bridgehead atoms. The summed E-state index contributed by atoms with van der Waals surface area (Å²) in [4.78, 5) is 8.62. The normalized spacial score (nSPS) is 10.6. The second-order valence-electron chi connectivity index (χ2n) is 3.43. The lowest BCUT2D eigenvalue weighted by Gasteiger charge is -2.02. The molecule has 84 valence electrons. The molecule has 0 aromatic carbocycles. The van der Waals surface area contributed by atoms with Crippen molar-refractivity contribution in [1.29, 1.82) is 0 Å². The van der Waals surface area contributed by atoms with Gasteiger partial charge in [0, 0.05) is 24.9 Å². The first-order chi connectivity index (χ1) is 7.69. The molecule has 2 rings (SSSR count). The van der Waals surface area contributed by atoms with E-state index in [1.807, 2.05) is 19.5 Å². The molecule has 5 nitrogen and oxygen atoms in total. The molecule has 0 atom stereocenters. The molecular weight excluding hydrogens is 222 g/mol. The molecule has 16 heavy (non-hydrogen) atoms. The van der Waals surface area contributed by atoms with Crippen LogP contribution in [0.15, 0.2) is 18.5 Å². The Labute approximate surface area is 98.1 Å². The van der Waals surface area contributed by atoms with Crippen molar-refractivity contribution >= 4 is 17.6 Å². The van der Waals surface area contributed by atoms with Crippen LogP contribution in [0.25, 0.3) is 11.3 Å². The number of aromatic nitrogens is 4. The predicted molar refractivity (Wildman–Crippen MR) is 65.9 cm³/mol. The second-order valence-corrected chi connectivity index (χ2v) is 4.30. The van der Waals surface area contributed by atoms with Crippen molar-refractivity contribution in [3.05, 3.63) is 24.3 Å². The summed E-state index contributed by atoms with van der Waals surface area (Å²) in [6.07, 6.45) is 5.69. The van der Waals surface area contributed by atoms with Crippen LogP contribution in [0.3, 0.4) is 0 Å². The number of anilines is 1. The Kier molecular flexibility index (Phi) is 3.09. The monoisotopic (exact) mass is 235 g/mol. The first-order valence-electron chi connectivity index (χ1n) is 4.80. The summed E-state index contributed by atoms with van der Waals surface area (Å²) < 4.78 is 1.74. The van der Waals surface area contributed by atoms with Crippen molar-refractivity contribution in [2.45, 2.75) is 5.75 Å². The zero-order valence-corrected chi connectivity index (χ0v) is 10.0. The molecule has 0 fully saturated rings. The minimum atomic E-state index is 0.498. The summed E-state index contributed by atoms with van der Waals surface area (Å²) in [6, 6.07) is 1.76. The van der Waals surface area contributed by atoms with Crippen LogP contribution < -0.4 is 5.73 Å². The molecule has 6 heteroatoms. The van der Waals surface area contributed by atoms with Crippen molar-refractivity contribution in [2.75, 3.05) is 12.0 Å². The minimum absolute atomic E-state index is 0.498. The van der Waals surface area contributed by atoms with E-state index in [9.17, 15) is 0 Å². The summed E-state index contributed by atoms with van der Waals surface area (Å²) in [6.45, 7) is 0. The number of thioether (sulfide) groups is 1. The first-order valence-corrected chi connectivity index (χ1v) is 6.20. The Balaban J connectivity index is 2.40. The summed E-state index contributed by atoms with van der Waals surface area (Å²) in [5, 5.41) is 4.11. The molecule has 0 spiro atoms. The van der Waals surface area contributed by atoms with Crippen LogP contribution in [0.2, 0.25) is 0 Å². The Morgan fingerprint density at radius 1 is 1.44 bits per heavy atom. The van der Waals surface area contributed by atoms with Gasteiger partial charge in [-0.05, 0) is 6.26 Å². The number of nitrogens with two attached hydrogens (primary N) is 1. The van der Waals surface area contributed by atoms with Crippen molar-refractivity contribution in [3.63, 3.8) is 0 Å². The number of hydrogen-bond acceptors (Lipinski definition) is 5. The lowest BCUT2D eigenvalue weighted by Crippen LogP contribution is -1.99. The van der Waals surface area contributed by atoms with Crippen LogP contribution in [0.5, 0.6) is 0 Å². The van der Waals surface area contributed by atoms with E-state index >= 15 is 0 Å². The molecule has 0 saturated heterocycles. The summed E-state index contributed by atoms with van der Waals surface area (Å²) in [5.41, 5.74) is 7.53. The highest BCUT2D eigenvalue weighted by Gasteiger charge is 2.06. The quantitative estimate of drug-likeness (QED) is 0.869. The number of nitrogens with zero attached hydrogens (tertiary/aromatic N) is 4. The van der Waals surface area contributed by atoms with E-state index in [2.05, 4.69) is 15.1 Å². The van der Waals surface area contributed by atoms with Gasteiger partial charge in [-0.1, -0.05) is 0 Å². The topological polar surface area (TPSA) is 69.6 Å². The van der Waals surface area contributed by atoms with Crippen LogP contribution in [-0.4, -0.2) is 26.0 Å². The largest absolute Gasteiger partial charge is 0.384 e. The highest BCUT2D eigenvalue weighted by Crippen LogP contribution is 2.18. The van der Waals surface area contributed by atoms with Crippen molar-refractivity contribution in [3.8, 4) is 11.3 Å². The summed E-state index contributed by atoms with van der Waals surface area (Å²) >= 11 is 1.67. The molecule has 0 amide bonds. The van der Waals surface area contributed by atoms with Crippen LogP contribution in [-0.2, 0) is 12.8 Å². The van der Waals surface area contributed by atoms with E-state index in [-0.39, 0.29) is 0 Å². The Hall–Kier alpha value is -1.56. The molecule has 2 N–H and O–H groups in total. The maximum absolute atomic E-state index is 5.75. The molecule has 2 aromatic heterocycles. The highest BCUT2D eigenvalue weighted by atomic mass is 32.2. The fraction of sp³-hybridized carbons (Fsp3) is 0.300. The molecule has 0 saturated carbocycles. The number of rotatable bonds is 3. The molecule has 0 aliphatic heterocycles. The SMILES string of the molecule is CSCc1nc(N)cc(-c2cnn(C)c2)n1. The van der Waals surface area contributed by atoms with Gasteiger partial charge in [-0.25, -0.2) is 9.97 Å². The standard InChI is InChI=1S/C10H13N5S/c1-15-5-7(4-12-15)8-3-9(11)14-10(13-8)6-16-2/h3-5H,6H2,1-2H3,(H2,11,13,14). The van der Waals surface area contributed by atoms with E-state index < -0.39 is 0 Å². The van der Waals surface area contributed by atoms with E-state index in [0.717, 1.165) is 22.8 Å². The van der Waals surface area contributed by atoms with Crippen molar-refractivity contribution < 1.29 is 0 Å². The highest BCUT2D eigenvalue weighted by molar-refractivity contribution is 7.97. The Bertz CT molecular complexity index is 494. The molecule has 0 aliphatic rings. The average Bonchev–Trinajstić information content (AvgIpc) is 2.64. The van der Waals surface area contributed by atoms with Crippen LogP contribution >= 0.6 is 11.8 Å². The lowest BCUT2D eigenvalue weighted by atomic mass is 10.2. The second kappa shape index (κ2) is 4.52. The predicted octanol–water partition coefficient (Wildman–Crippen LogP) is 1.32. The van der Waals surface area contributed by atoms with Gasteiger partial charge < -0.3 is 5.73 Å². The smallest absolute Gasteiger partial charge is 0.141 e. The minimum Gasteiger partial charge on any atom is -0.384 e. The van der Waals surface area contributed by atoms with Crippen LogP contribution in [0.1, 0.15) is 5.82 Å². The van der Waals surface area contributed by atoms with Gasteiger partial charge in [-0.15, -0.1) is 0 Å². The Morgan fingerprint density at radius 3 is 2.88 bits per heavy atom. The van der Waals surface area contributed by atoms with Crippen molar-refractivity contribution in [1.82, 2.24) is 19.7 Å². The van der Waals surface area contributed by atoms with Gasteiger partial charge in [-0.2, -0.15) is 16.9 Å². The number of aryl methyl sites for hydroxylation is 1. The molecule has 2 aromatic rings. The van der Waals surface area contributed by atoms with Crippen molar-refractivity contribution in [2.24, 2.45) is 7.05 Å². The van der Waals surface area contributed by atoms with E-state index in [4.69, 9.17) is 5.73 Å². The fourth-order valence-electron chi connectivity index (χ4n) is 1.41. The molecule has 0 radical (unpaired) electrons. The van der Waals surface area contributed by atoms with Gasteiger partial charge in [0.25, 0.3) is 0 Å².